The van der Waals surface area contributed by atoms with E-state index in [4.69, 9.17) is 9.84 Å². The van der Waals surface area contributed by atoms with Gasteiger partial charge in [-0.05, 0) is 30.2 Å². The van der Waals surface area contributed by atoms with Gasteiger partial charge in [0.25, 0.3) is 0 Å². The number of piperidine rings is 1. The van der Waals surface area contributed by atoms with Gasteiger partial charge in [-0.1, -0.05) is 30.3 Å². The molecular formula is C19H24N2O4. The molecule has 1 aromatic carbocycles. The first kappa shape index (κ1) is 16.4. The topological polar surface area (TPSA) is 70.1 Å². The van der Waals surface area contributed by atoms with Crippen LogP contribution in [0.15, 0.2) is 30.3 Å². The lowest BCUT2D eigenvalue weighted by Crippen LogP contribution is -2.59. The number of amides is 2. The number of benzene rings is 1. The van der Waals surface area contributed by atoms with Crippen LogP contribution in [0.5, 0.6) is 0 Å². The number of carbonyl (C=O) groups excluding carboxylic acids is 1. The van der Waals surface area contributed by atoms with Crippen molar-refractivity contribution in [3.05, 3.63) is 35.9 Å². The second kappa shape index (κ2) is 6.33. The molecule has 1 spiro atoms. The highest BCUT2D eigenvalue weighted by atomic mass is 16.5. The van der Waals surface area contributed by atoms with Crippen LogP contribution in [0.25, 0.3) is 0 Å². The molecule has 134 valence electrons. The monoisotopic (exact) mass is 344 g/mol. The van der Waals surface area contributed by atoms with Crippen LogP contribution >= 0.6 is 0 Å². The molecule has 1 aromatic rings. The lowest BCUT2D eigenvalue weighted by atomic mass is 9.91. The number of urea groups is 1. The van der Waals surface area contributed by atoms with Gasteiger partial charge in [-0.3, -0.25) is 4.79 Å². The predicted molar refractivity (Wildman–Crippen MR) is 91.0 cm³/mol. The summed E-state index contributed by atoms with van der Waals surface area (Å²) in [6.45, 7) is 3.22. The molecule has 0 radical (unpaired) electrons. The molecule has 2 aliphatic heterocycles. The number of hydrogen-bond acceptors (Lipinski definition) is 3. The molecule has 25 heavy (non-hydrogen) atoms. The van der Waals surface area contributed by atoms with Gasteiger partial charge in [-0.25, -0.2) is 4.79 Å². The van der Waals surface area contributed by atoms with Crippen molar-refractivity contribution in [2.75, 3.05) is 26.2 Å². The minimum atomic E-state index is -0.680. The van der Waals surface area contributed by atoms with Crippen LogP contribution in [0.3, 0.4) is 0 Å². The summed E-state index contributed by atoms with van der Waals surface area (Å²) < 4.78 is 5.84. The van der Waals surface area contributed by atoms with Crippen LogP contribution in [0.1, 0.15) is 24.8 Å². The Hall–Kier alpha value is -2.08. The third kappa shape index (κ3) is 3.23. The van der Waals surface area contributed by atoms with Crippen LogP contribution in [-0.4, -0.2) is 59.2 Å². The normalized spacial score (nSPS) is 24.9. The van der Waals surface area contributed by atoms with Gasteiger partial charge >= 0.3 is 12.0 Å². The van der Waals surface area contributed by atoms with Crippen LogP contribution in [0.4, 0.5) is 4.79 Å². The lowest BCUT2D eigenvalue weighted by Gasteiger charge is -2.43. The molecule has 0 aromatic heterocycles. The fourth-order valence-corrected chi connectivity index (χ4v) is 4.08. The zero-order valence-electron chi connectivity index (χ0n) is 14.3. The highest BCUT2D eigenvalue weighted by molar-refractivity contribution is 5.77. The molecular weight excluding hydrogens is 320 g/mol. The Morgan fingerprint density at radius 2 is 1.80 bits per heavy atom. The smallest absolute Gasteiger partial charge is 0.320 e. The highest BCUT2D eigenvalue weighted by Crippen LogP contribution is 2.59. The van der Waals surface area contributed by atoms with E-state index in [0.717, 1.165) is 24.8 Å². The van der Waals surface area contributed by atoms with Gasteiger partial charge in [-0.2, -0.15) is 0 Å². The van der Waals surface area contributed by atoms with E-state index >= 15 is 0 Å². The van der Waals surface area contributed by atoms with E-state index in [1.54, 1.807) is 0 Å². The first-order chi connectivity index (χ1) is 12.1. The van der Waals surface area contributed by atoms with Crippen molar-refractivity contribution < 1.29 is 19.4 Å². The number of likely N-dealkylation sites (tertiary alicyclic amines) is 2. The van der Waals surface area contributed by atoms with Gasteiger partial charge in [0, 0.05) is 13.1 Å². The summed E-state index contributed by atoms with van der Waals surface area (Å²) >= 11 is 0. The third-order valence-corrected chi connectivity index (χ3v) is 5.96. The molecule has 0 bridgehead atoms. The first-order valence-electron chi connectivity index (χ1n) is 9.00. The Kier molecular flexibility index (Phi) is 4.15. The van der Waals surface area contributed by atoms with Crippen LogP contribution < -0.4 is 0 Å². The van der Waals surface area contributed by atoms with E-state index in [0.29, 0.717) is 32.8 Å². The van der Waals surface area contributed by atoms with Gasteiger partial charge in [0.05, 0.1) is 31.7 Å². The van der Waals surface area contributed by atoms with Crippen molar-refractivity contribution >= 4 is 12.0 Å². The number of rotatable bonds is 4. The molecule has 3 aliphatic rings. The summed E-state index contributed by atoms with van der Waals surface area (Å²) in [5.41, 5.74) is 1.12. The summed E-state index contributed by atoms with van der Waals surface area (Å²) in [6, 6.07) is 10.1. The summed E-state index contributed by atoms with van der Waals surface area (Å²) in [4.78, 5) is 27.3. The predicted octanol–water partition coefficient (Wildman–Crippen LogP) is 2.19. The molecule has 1 atom stereocenters. The number of carbonyl (C=O) groups is 2. The van der Waals surface area contributed by atoms with E-state index in [-0.39, 0.29) is 23.5 Å². The Labute approximate surface area is 147 Å². The maximum atomic E-state index is 12.5. The summed E-state index contributed by atoms with van der Waals surface area (Å²) in [6.07, 6.45) is 2.53. The first-order valence-corrected chi connectivity index (χ1v) is 9.00. The molecule has 2 heterocycles. The number of nitrogens with zero attached hydrogens (tertiary/aromatic N) is 2. The fourth-order valence-electron chi connectivity index (χ4n) is 4.08. The standard InChI is InChI=1S/C19H24N2O4/c22-17(23)16-10-19(16)6-8-20(9-7-19)18(24)21-11-15(12-21)25-13-14-4-2-1-3-5-14/h1-5,15-16H,6-13H2,(H,22,23). The number of carboxylic acids is 1. The lowest BCUT2D eigenvalue weighted by molar-refractivity contribution is -0.139. The summed E-state index contributed by atoms with van der Waals surface area (Å²) in [5.74, 6) is -0.870. The Morgan fingerprint density at radius 3 is 2.40 bits per heavy atom. The van der Waals surface area contributed by atoms with Crippen molar-refractivity contribution in [1.29, 1.82) is 0 Å². The van der Waals surface area contributed by atoms with Crippen LogP contribution in [0.2, 0.25) is 0 Å². The summed E-state index contributed by atoms with van der Waals surface area (Å²) in [5, 5.41) is 9.14. The molecule has 2 saturated heterocycles. The van der Waals surface area contributed by atoms with E-state index in [2.05, 4.69) is 0 Å². The molecule has 1 N–H and O–H groups in total. The average molecular weight is 344 g/mol. The molecule has 1 unspecified atom stereocenters. The molecule has 1 aliphatic carbocycles. The number of hydrogen-bond donors (Lipinski definition) is 1. The minimum absolute atomic E-state index is 0.0289. The second-order valence-corrected chi connectivity index (χ2v) is 7.55. The number of carboxylic acid groups (broad SMARTS) is 1. The van der Waals surface area contributed by atoms with Gasteiger partial charge in [-0.15, -0.1) is 0 Å². The Bertz CT molecular complexity index is 649. The quantitative estimate of drug-likeness (QED) is 0.909. The van der Waals surface area contributed by atoms with Gasteiger partial charge in [0.2, 0.25) is 0 Å². The van der Waals surface area contributed by atoms with Crippen molar-refractivity contribution in [2.24, 2.45) is 11.3 Å². The Balaban J connectivity index is 1.19. The molecule has 4 rings (SSSR count). The van der Waals surface area contributed by atoms with E-state index in [1.807, 2.05) is 40.1 Å². The van der Waals surface area contributed by atoms with E-state index in [9.17, 15) is 9.59 Å². The SMILES string of the molecule is O=C(O)C1CC12CCN(C(=O)N1CC(OCc3ccccc3)C1)CC2. The molecule has 1 saturated carbocycles. The van der Waals surface area contributed by atoms with E-state index < -0.39 is 5.97 Å². The van der Waals surface area contributed by atoms with Gasteiger partial charge in [0.1, 0.15) is 0 Å². The minimum Gasteiger partial charge on any atom is -0.481 e. The van der Waals surface area contributed by atoms with E-state index in [1.165, 1.54) is 0 Å². The highest BCUT2D eigenvalue weighted by Gasteiger charge is 2.59. The molecule has 6 heteroatoms. The second-order valence-electron chi connectivity index (χ2n) is 7.55. The maximum Gasteiger partial charge on any atom is 0.320 e. The third-order valence-electron chi connectivity index (χ3n) is 5.96. The Morgan fingerprint density at radius 1 is 1.12 bits per heavy atom. The molecule has 3 fully saturated rings. The summed E-state index contributed by atoms with van der Waals surface area (Å²) in [7, 11) is 0. The van der Waals surface area contributed by atoms with Crippen LogP contribution in [0, 0.1) is 11.3 Å². The van der Waals surface area contributed by atoms with Crippen LogP contribution in [-0.2, 0) is 16.1 Å². The van der Waals surface area contributed by atoms with Crippen molar-refractivity contribution in [2.45, 2.75) is 32.0 Å². The molecule has 6 nitrogen and oxygen atoms in total. The van der Waals surface area contributed by atoms with Crippen molar-refractivity contribution in [3.63, 3.8) is 0 Å². The number of aliphatic carboxylic acids is 1. The molecule has 2 amide bonds. The zero-order chi connectivity index (χ0) is 17.4. The van der Waals surface area contributed by atoms with Crippen molar-refractivity contribution in [3.8, 4) is 0 Å². The zero-order valence-corrected chi connectivity index (χ0v) is 14.3. The van der Waals surface area contributed by atoms with Gasteiger partial charge < -0.3 is 19.6 Å². The fraction of sp³-hybridized carbons (Fsp3) is 0.579. The average Bonchev–Trinajstić information content (AvgIpc) is 3.29. The largest absolute Gasteiger partial charge is 0.481 e. The van der Waals surface area contributed by atoms with Crippen molar-refractivity contribution in [1.82, 2.24) is 9.80 Å². The number of ether oxygens (including phenoxy) is 1. The van der Waals surface area contributed by atoms with Gasteiger partial charge in [0.15, 0.2) is 0 Å². The maximum absolute atomic E-state index is 12.5.